The highest BCUT2D eigenvalue weighted by Gasteiger charge is 2.27. The maximum absolute atomic E-state index is 13.7. The van der Waals surface area contributed by atoms with Crippen LogP contribution < -0.4 is 15.5 Å². The Balaban J connectivity index is 2.50. The predicted molar refractivity (Wildman–Crippen MR) is 60.9 cm³/mol. The third kappa shape index (κ3) is 1.55. The van der Waals surface area contributed by atoms with Gasteiger partial charge in [-0.2, -0.15) is 0 Å². The van der Waals surface area contributed by atoms with Gasteiger partial charge in [0.2, 0.25) is 0 Å². The lowest BCUT2D eigenvalue weighted by Crippen LogP contribution is -2.50. The Bertz CT molecular complexity index is 367. The first-order chi connectivity index (χ1) is 7.15. The summed E-state index contributed by atoms with van der Waals surface area (Å²) in [5, 5.41) is 0. The first-order valence-electron chi connectivity index (χ1n) is 5.07. The van der Waals surface area contributed by atoms with E-state index in [0.29, 0.717) is 12.2 Å². The first-order valence-corrected chi connectivity index (χ1v) is 5.07. The van der Waals surface area contributed by atoms with E-state index < -0.39 is 0 Å². The van der Waals surface area contributed by atoms with Crippen LogP contribution >= 0.6 is 0 Å². The van der Waals surface area contributed by atoms with Crippen molar-refractivity contribution in [1.29, 1.82) is 0 Å². The lowest BCUT2D eigenvalue weighted by atomic mass is 10.1. The molecule has 0 fully saturated rings. The molecule has 0 saturated carbocycles. The van der Waals surface area contributed by atoms with Crippen LogP contribution in [0.5, 0.6) is 0 Å². The molecule has 2 N–H and O–H groups in total. The zero-order chi connectivity index (χ0) is 11.0. The number of rotatable bonds is 1. The summed E-state index contributed by atoms with van der Waals surface area (Å²) in [6.07, 6.45) is 0. The molecular formula is C11H16FN3. The largest absolute Gasteiger partial charge is 0.371 e. The molecule has 0 spiro atoms. The molecular weight excluding hydrogens is 193 g/mol. The van der Waals surface area contributed by atoms with E-state index in [-0.39, 0.29) is 11.9 Å². The van der Waals surface area contributed by atoms with Gasteiger partial charge in [-0.15, -0.1) is 0 Å². The minimum absolute atomic E-state index is 0.180. The van der Waals surface area contributed by atoms with Gasteiger partial charge in [-0.1, -0.05) is 6.07 Å². The number of halogens is 1. The van der Waals surface area contributed by atoms with E-state index in [1.165, 1.54) is 6.07 Å². The van der Waals surface area contributed by atoms with Gasteiger partial charge in [-0.3, -0.25) is 0 Å². The molecule has 1 atom stereocenters. The van der Waals surface area contributed by atoms with Crippen molar-refractivity contribution in [2.24, 2.45) is 5.73 Å². The molecule has 1 heterocycles. The molecule has 0 aliphatic carbocycles. The quantitative estimate of drug-likeness (QED) is 0.750. The number of likely N-dealkylation sites (N-methyl/N-ethyl adjacent to an activating group) is 2. The number of para-hydroxylation sites is 1. The molecule has 1 aromatic carbocycles. The predicted octanol–water partition coefficient (Wildman–Crippen LogP) is 1.04. The van der Waals surface area contributed by atoms with E-state index >= 15 is 0 Å². The zero-order valence-electron chi connectivity index (χ0n) is 9.07. The molecule has 15 heavy (non-hydrogen) atoms. The third-order valence-electron chi connectivity index (χ3n) is 3.03. The molecule has 1 aromatic rings. The van der Waals surface area contributed by atoms with Crippen molar-refractivity contribution in [3.63, 3.8) is 0 Å². The maximum atomic E-state index is 13.7. The summed E-state index contributed by atoms with van der Waals surface area (Å²) in [6, 6.07) is 5.34. The summed E-state index contributed by atoms with van der Waals surface area (Å²) in [4.78, 5) is 3.99. The summed E-state index contributed by atoms with van der Waals surface area (Å²) in [5.41, 5.74) is 7.26. The van der Waals surface area contributed by atoms with E-state index in [0.717, 1.165) is 12.2 Å². The van der Waals surface area contributed by atoms with Gasteiger partial charge in [-0.25, -0.2) is 4.39 Å². The van der Waals surface area contributed by atoms with E-state index in [1.54, 1.807) is 6.07 Å². The Kier molecular flexibility index (Phi) is 2.52. The van der Waals surface area contributed by atoms with E-state index in [1.807, 2.05) is 25.1 Å². The Morgan fingerprint density at radius 2 is 2.20 bits per heavy atom. The van der Waals surface area contributed by atoms with Crippen LogP contribution in [0.4, 0.5) is 15.8 Å². The summed E-state index contributed by atoms with van der Waals surface area (Å²) in [5.74, 6) is -0.181. The molecule has 3 nitrogen and oxygen atoms in total. The zero-order valence-corrected chi connectivity index (χ0v) is 9.07. The van der Waals surface area contributed by atoms with Crippen LogP contribution in [0, 0.1) is 5.82 Å². The SMILES string of the molecule is CN1CC(CN)N(C)c2c(F)cccc21. The second-order valence-corrected chi connectivity index (χ2v) is 3.99. The Morgan fingerprint density at radius 1 is 1.47 bits per heavy atom. The Hall–Kier alpha value is -1.29. The van der Waals surface area contributed by atoms with Gasteiger partial charge in [-0.05, 0) is 12.1 Å². The van der Waals surface area contributed by atoms with Crippen LogP contribution in [-0.4, -0.2) is 33.2 Å². The van der Waals surface area contributed by atoms with Crippen molar-refractivity contribution < 1.29 is 4.39 Å². The van der Waals surface area contributed by atoms with Crippen LogP contribution in [0.2, 0.25) is 0 Å². The van der Waals surface area contributed by atoms with Crippen molar-refractivity contribution >= 4 is 11.4 Å². The molecule has 0 bridgehead atoms. The third-order valence-corrected chi connectivity index (χ3v) is 3.03. The average molecular weight is 209 g/mol. The standard InChI is InChI=1S/C11H16FN3/c1-14-7-8(6-13)15(2)11-9(12)4-3-5-10(11)14/h3-5,8H,6-7,13H2,1-2H3. The highest BCUT2D eigenvalue weighted by Crippen LogP contribution is 2.35. The number of anilines is 2. The number of nitrogens with zero attached hydrogens (tertiary/aromatic N) is 2. The fourth-order valence-electron chi connectivity index (χ4n) is 2.11. The average Bonchev–Trinajstić information content (AvgIpc) is 2.23. The minimum atomic E-state index is -0.181. The first kappa shape index (κ1) is 10.2. The van der Waals surface area contributed by atoms with E-state index in [9.17, 15) is 4.39 Å². The molecule has 1 aliphatic rings. The lowest BCUT2D eigenvalue weighted by molar-refractivity contribution is 0.571. The van der Waals surface area contributed by atoms with Gasteiger partial charge < -0.3 is 15.5 Å². The van der Waals surface area contributed by atoms with Crippen LogP contribution in [0.15, 0.2) is 18.2 Å². The number of hydrogen-bond acceptors (Lipinski definition) is 3. The van der Waals surface area contributed by atoms with Gasteiger partial charge in [0, 0.05) is 27.2 Å². The molecule has 1 aliphatic heterocycles. The summed E-state index contributed by atoms with van der Waals surface area (Å²) in [6.45, 7) is 1.37. The van der Waals surface area contributed by atoms with Crippen LogP contribution in [0.1, 0.15) is 0 Å². The molecule has 1 unspecified atom stereocenters. The molecule has 0 aromatic heterocycles. The molecule has 0 radical (unpaired) electrons. The van der Waals surface area contributed by atoms with Crippen LogP contribution in [-0.2, 0) is 0 Å². The van der Waals surface area contributed by atoms with Crippen molar-refractivity contribution in [3.05, 3.63) is 24.0 Å². The Morgan fingerprint density at radius 3 is 2.87 bits per heavy atom. The van der Waals surface area contributed by atoms with Gasteiger partial charge in [0.25, 0.3) is 0 Å². The molecule has 4 heteroatoms. The van der Waals surface area contributed by atoms with Gasteiger partial charge in [0.05, 0.1) is 17.4 Å². The topological polar surface area (TPSA) is 32.5 Å². The molecule has 2 rings (SSSR count). The molecule has 0 saturated heterocycles. The van der Waals surface area contributed by atoms with Gasteiger partial charge in [0.15, 0.2) is 0 Å². The second kappa shape index (κ2) is 3.70. The van der Waals surface area contributed by atoms with Crippen LogP contribution in [0.25, 0.3) is 0 Å². The van der Waals surface area contributed by atoms with Gasteiger partial charge in [0.1, 0.15) is 5.82 Å². The van der Waals surface area contributed by atoms with Crippen molar-refractivity contribution in [1.82, 2.24) is 0 Å². The summed E-state index contributed by atoms with van der Waals surface area (Å²) < 4.78 is 13.7. The van der Waals surface area contributed by atoms with Crippen molar-refractivity contribution in [2.45, 2.75) is 6.04 Å². The second-order valence-electron chi connectivity index (χ2n) is 3.99. The van der Waals surface area contributed by atoms with Crippen molar-refractivity contribution in [3.8, 4) is 0 Å². The number of benzene rings is 1. The monoisotopic (exact) mass is 209 g/mol. The smallest absolute Gasteiger partial charge is 0.148 e. The number of hydrogen-bond donors (Lipinski definition) is 1. The highest BCUT2D eigenvalue weighted by molar-refractivity contribution is 5.74. The normalized spacial score (nSPS) is 20.4. The van der Waals surface area contributed by atoms with Gasteiger partial charge >= 0.3 is 0 Å². The summed E-state index contributed by atoms with van der Waals surface area (Å²) in [7, 11) is 3.86. The molecule has 82 valence electrons. The Labute approximate surface area is 89.3 Å². The van der Waals surface area contributed by atoms with E-state index in [4.69, 9.17) is 5.73 Å². The lowest BCUT2D eigenvalue weighted by Gasteiger charge is -2.40. The fraction of sp³-hybridized carbons (Fsp3) is 0.455. The molecule has 0 amide bonds. The van der Waals surface area contributed by atoms with Crippen LogP contribution in [0.3, 0.4) is 0 Å². The van der Waals surface area contributed by atoms with E-state index in [2.05, 4.69) is 4.90 Å². The fourth-order valence-corrected chi connectivity index (χ4v) is 2.11. The number of nitrogens with two attached hydrogens (primary N) is 1. The number of fused-ring (bicyclic) bond motifs is 1. The summed E-state index contributed by atoms with van der Waals surface area (Å²) >= 11 is 0. The minimum Gasteiger partial charge on any atom is -0.371 e. The van der Waals surface area contributed by atoms with Crippen molar-refractivity contribution in [2.75, 3.05) is 37.0 Å². The highest BCUT2D eigenvalue weighted by atomic mass is 19.1. The maximum Gasteiger partial charge on any atom is 0.148 e.